The summed E-state index contributed by atoms with van der Waals surface area (Å²) in [7, 11) is 0. The molecule has 0 aliphatic heterocycles. The first-order chi connectivity index (χ1) is 25.2. The maximum atomic E-state index is 15.6. The van der Waals surface area contributed by atoms with Crippen molar-refractivity contribution in [2.45, 2.75) is 121 Å². The van der Waals surface area contributed by atoms with Crippen molar-refractivity contribution < 1.29 is 154 Å². The monoisotopic (exact) mass is 958 g/mol. The second kappa shape index (κ2) is 13.2. The van der Waals surface area contributed by atoms with Crippen LogP contribution in [-0.4, -0.2) is 95.3 Å². The zero-order chi connectivity index (χ0) is 47.8. The van der Waals surface area contributed by atoms with Gasteiger partial charge in [-0.15, -0.1) is 0 Å². The third-order valence-corrected chi connectivity index (χ3v) is 8.39. The quantitative estimate of drug-likeness (QED) is 0.241. The average molecular weight is 958 g/mol. The Kier molecular flexibility index (Phi) is 11.6. The van der Waals surface area contributed by atoms with Gasteiger partial charge in [0.2, 0.25) is 0 Å². The van der Waals surface area contributed by atoms with Crippen molar-refractivity contribution in [1.82, 2.24) is 0 Å². The van der Waals surface area contributed by atoms with Crippen LogP contribution in [0, 0.1) is 0 Å². The summed E-state index contributed by atoms with van der Waals surface area (Å²) in [5.74, 6) is -97.4. The molecule has 0 aromatic heterocycles. The fourth-order valence-electron chi connectivity index (χ4n) is 5.09. The van der Waals surface area contributed by atoms with Crippen molar-refractivity contribution in [3.05, 3.63) is 22.7 Å². The summed E-state index contributed by atoms with van der Waals surface area (Å²) in [5.41, 5.74) is -29.2. The lowest BCUT2D eigenvalue weighted by molar-refractivity contribution is -0.408. The van der Waals surface area contributed by atoms with Gasteiger partial charge < -0.3 is 4.74 Å². The van der Waals surface area contributed by atoms with Crippen molar-refractivity contribution in [2.75, 3.05) is 0 Å². The Morgan fingerprint density at radius 2 is 0.576 bits per heavy atom. The van der Waals surface area contributed by atoms with Crippen LogP contribution in [0.5, 0.6) is 0 Å². The van der Waals surface area contributed by atoms with Gasteiger partial charge in [-0.05, 0) is 12.8 Å². The number of allylic oxidation sites excluding steroid dienone is 4. The molecule has 0 saturated heterocycles. The van der Waals surface area contributed by atoms with E-state index in [0.717, 1.165) is 0 Å². The summed E-state index contributed by atoms with van der Waals surface area (Å²) < 4.78 is 486. The fraction of sp³-hybridized carbons (Fsp3) is 0.833. The number of rotatable bonds is 6. The van der Waals surface area contributed by atoms with Crippen LogP contribution in [0.1, 0.15) is 25.7 Å². The van der Waals surface area contributed by atoms with Crippen molar-refractivity contribution in [1.29, 1.82) is 0 Å². The number of hydrogen-bond donors (Lipinski definition) is 0. The highest BCUT2D eigenvalue weighted by Gasteiger charge is 2.94. The van der Waals surface area contributed by atoms with E-state index in [1.807, 2.05) is 0 Å². The molecule has 0 aromatic rings. The first-order valence-corrected chi connectivity index (χ1v) is 13.7. The third kappa shape index (κ3) is 6.57. The molecule has 59 heavy (non-hydrogen) atoms. The minimum absolute atomic E-state index is 2.21. The Morgan fingerprint density at radius 3 is 0.763 bits per heavy atom. The van der Waals surface area contributed by atoms with Crippen LogP contribution in [0.2, 0.25) is 0 Å². The predicted octanol–water partition coefficient (Wildman–Crippen LogP) is 13.1. The molecular weight excluding hydrogens is 950 g/mol. The maximum absolute atomic E-state index is 15.6. The smallest absolute Gasteiger partial charge is 0.453 e. The van der Waals surface area contributed by atoms with E-state index in [-0.39, 0.29) is 0 Å². The van der Waals surface area contributed by atoms with Crippen LogP contribution < -0.4 is 0 Å². The molecule has 2 aliphatic carbocycles. The van der Waals surface area contributed by atoms with Gasteiger partial charge in [-0.3, -0.25) is 0 Å². The fourth-order valence-corrected chi connectivity index (χ4v) is 5.09. The number of alkyl halides is 34. The van der Waals surface area contributed by atoms with E-state index >= 15 is 26.3 Å². The van der Waals surface area contributed by atoms with Gasteiger partial charge in [-0.1, -0.05) is 0 Å². The molecule has 0 N–H and O–H groups in total. The molecule has 0 spiro atoms. The van der Waals surface area contributed by atoms with Gasteiger partial charge in [0.25, 0.3) is 0 Å². The molecular formula is C24H8F34O. The van der Waals surface area contributed by atoms with Gasteiger partial charge in [-0.2, -0.15) is 140 Å². The molecule has 0 amide bonds. The Balaban J connectivity index is 3.74. The highest BCUT2D eigenvalue weighted by Crippen LogP contribution is 2.69. The highest BCUT2D eigenvalue weighted by atomic mass is 19.5. The van der Waals surface area contributed by atoms with E-state index in [0.29, 0.717) is 0 Å². The zero-order valence-electron chi connectivity index (χ0n) is 26.1. The van der Waals surface area contributed by atoms with E-state index in [1.165, 1.54) is 0 Å². The molecule has 35 heteroatoms. The Labute approximate surface area is 298 Å². The summed E-state index contributed by atoms with van der Waals surface area (Å²) in [5, 5.41) is 0. The molecule has 348 valence electrons. The minimum Gasteiger partial charge on any atom is -0.453 e. The SMILES string of the molecule is FC(F)(F)C(F)(F)C(F)(F)/C1=C(\O/C2=C(\C(F)(F)C(F)(F)C(F)(F)F)CCC(F)(F)C(F)(F)C(F)(C(F)(F)F)C2(F)F)C(F)(F)C(F)(C(F)(F)F)C(F)(F)C(F)(F)CC1. The summed E-state index contributed by atoms with van der Waals surface area (Å²) in [4.78, 5) is 0. The number of ether oxygens (including phenoxy) is 1. The molecule has 0 fully saturated rings. The van der Waals surface area contributed by atoms with Crippen LogP contribution in [0.4, 0.5) is 149 Å². The van der Waals surface area contributed by atoms with Gasteiger partial charge in [0, 0.05) is 12.8 Å². The Bertz CT molecular complexity index is 1560. The normalized spacial score (nSPS) is 31.2. The zero-order valence-corrected chi connectivity index (χ0v) is 26.1. The topological polar surface area (TPSA) is 9.23 Å². The molecule has 2 aliphatic rings. The van der Waals surface area contributed by atoms with Crippen molar-refractivity contribution in [2.24, 2.45) is 0 Å². The van der Waals surface area contributed by atoms with Gasteiger partial charge in [0.15, 0.2) is 11.5 Å². The summed E-state index contributed by atoms with van der Waals surface area (Å²) >= 11 is 0. The van der Waals surface area contributed by atoms with Gasteiger partial charge >= 0.3 is 95.3 Å². The van der Waals surface area contributed by atoms with Crippen molar-refractivity contribution in [3.8, 4) is 0 Å². The summed E-state index contributed by atoms with van der Waals surface area (Å²) in [6.45, 7) is 0. The maximum Gasteiger partial charge on any atom is 0.460 e. The van der Waals surface area contributed by atoms with Gasteiger partial charge in [0.05, 0.1) is 11.1 Å². The largest absolute Gasteiger partial charge is 0.460 e. The highest BCUT2D eigenvalue weighted by molar-refractivity contribution is 5.40. The molecule has 0 heterocycles. The average Bonchev–Trinajstić information content (AvgIpc) is 2.98. The summed E-state index contributed by atoms with van der Waals surface area (Å²) in [6.07, 6.45) is -51.6. The second-order valence-electron chi connectivity index (χ2n) is 12.0. The third-order valence-electron chi connectivity index (χ3n) is 8.39. The standard InChI is InChI=1S/C24H8F34O/c25-9(26)3-1-5(11(29,30)19(43,44)23(53,54)55)7(13(33,34)15(37,17(9,39)40)21(47,48)49)59-8-6(12(31,32)20(45,46)24(56,57)58)2-4-10(27,28)18(41,42)16(38,14(8,35)36)22(50,51)52/h1-4H2/b7-5-,8-6-. The molecule has 2 atom stereocenters. The molecule has 1 nitrogen and oxygen atoms in total. The lowest BCUT2D eigenvalue weighted by Gasteiger charge is -2.48. The van der Waals surface area contributed by atoms with E-state index < -0.39 is 144 Å². The lowest BCUT2D eigenvalue weighted by atomic mass is 9.76. The van der Waals surface area contributed by atoms with E-state index in [1.54, 1.807) is 0 Å². The van der Waals surface area contributed by atoms with Gasteiger partial charge in [-0.25, -0.2) is 8.78 Å². The number of hydrogen-bond acceptors (Lipinski definition) is 1. The molecule has 2 unspecified atom stereocenters. The number of halogens is 34. The lowest BCUT2D eigenvalue weighted by Crippen LogP contribution is -2.74. The Morgan fingerprint density at radius 1 is 0.356 bits per heavy atom. The van der Waals surface area contributed by atoms with Crippen LogP contribution in [-0.2, 0) is 4.74 Å². The van der Waals surface area contributed by atoms with Crippen LogP contribution >= 0.6 is 0 Å². The Hall–Kier alpha value is -3.10. The molecule has 0 saturated carbocycles. The molecule has 0 bridgehead atoms. The van der Waals surface area contributed by atoms with E-state index in [9.17, 15) is 123 Å². The molecule has 2 rings (SSSR count). The van der Waals surface area contributed by atoms with Crippen molar-refractivity contribution >= 4 is 0 Å². The van der Waals surface area contributed by atoms with Crippen molar-refractivity contribution in [3.63, 3.8) is 0 Å². The van der Waals surface area contributed by atoms with Crippen LogP contribution in [0.15, 0.2) is 22.7 Å². The summed E-state index contributed by atoms with van der Waals surface area (Å²) in [6, 6.07) is 0. The first kappa shape index (κ1) is 52.0. The van der Waals surface area contributed by atoms with Crippen LogP contribution in [0.25, 0.3) is 0 Å². The van der Waals surface area contributed by atoms with Crippen LogP contribution in [0.3, 0.4) is 0 Å². The first-order valence-electron chi connectivity index (χ1n) is 13.7. The predicted molar refractivity (Wildman–Crippen MR) is 115 cm³/mol. The van der Waals surface area contributed by atoms with E-state index in [2.05, 4.69) is 4.74 Å². The molecule has 0 aromatic carbocycles. The second-order valence-corrected chi connectivity index (χ2v) is 12.0. The van der Waals surface area contributed by atoms with Gasteiger partial charge in [0.1, 0.15) is 0 Å². The van der Waals surface area contributed by atoms with E-state index in [4.69, 9.17) is 0 Å². The minimum atomic E-state index is -9.29. The molecule has 0 radical (unpaired) electrons.